The van der Waals surface area contributed by atoms with E-state index in [1.54, 1.807) is 0 Å². The van der Waals surface area contributed by atoms with Crippen molar-refractivity contribution in [1.29, 1.82) is 0 Å². The number of nitrogens with zero attached hydrogens (tertiary/aromatic N) is 2. The summed E-state index contributed by atoms with van der Waals surface area (Å²) < 4.78 is 8.81. The molecule has 1 aromatic carbocycles. The van der Waals surface area contributed by atoms with Gasteiger partial charge >= 0.3 is 6.01 Å². The molecular weight excluding hydrogens is 280 g/mol. The average molecular weight is 295 g/mol. The van der Waals surface area contributed by atoms with E-state index in [2.05, 4.69) is 34.8 Å². The van der Waals surface area contributed by atoms with Gasteiger partial charge in [0, 0.05) is 16.7 Å². The molecule has 0 aliphatic rings. The van der Waals surface area contributed by atoms with E-state index in [-0.39, 0.29) is 0 Å². The van der Waals surface area contributed by atoms with Gasteiger partial charge in [0.1, 0.15) is 5.75 Å². The van der Waals surface area contributed by atoms with Crippen molar-refractivity contribution in [3.63, 3.8) is 0 Å². The molecule has 0 saturated carbocycles. The van der Waals surface area contributed by atoms with Gasteiger partial charge in [0.2, 0.25) is 0 Å². The molecule has 0 radical (unpaired) electrons. The maximum Gasteiger partial charge on any atom is 0.302 e. The molecule has 0 fully saturated rings. The predicted molar refractivity (Wildman–Crippen MR) is 71.6 cm³/mol. The zero-order valence-electron chi connectivity index (χ0n) is 10.1. The molecule has 3 nitrogen and oxygen atoms in total. The van der Waals surface area contributed by atoms with Gasteiger partial charge in [0.15, 0.2) is 0 Å². The summed E-state index contributed by atoms with van der Waals surface area (Å²) in [7, 11) is 0. The summed E-state index contributed by atoms with van der Waals surface area (Å²) in [5, 5.41) is 0. The zero-order chi connectivity index (χ0) is 12.4. The maximum absolute atomic E-state index is 5.79. The van der Waals surface area contributed by atoms with E-state index >= 15 is 0 Å². The van der Waals surface area contributed by atoms with Crippen LogP contribution in [0, 0.1) is 6.92 Å². The number of halogens is 1. The van der Waals surface area contributed by atoms with Crippen molar-refractivity contribution in [3.05, 3.63) is 40.6 Å². The van der Waals surface area contributed by atoms with Crippen LogP contribution < -0.4 is 4.74 Å². The van der Waals surface area contributed by atoms with E-state index in [1.165, 1.54) is 0 Å². The number of ether oxygens (including phenoxy) is 1. The second-order valence-corrected chi connectivity index (χ2v) is 5.14. The van der Waals surface area contributed by atoms with Crippen LogP contribution in [-0.2, 0) is 0 Å². The molecule has 0 aliphatic heterocycles. The Bertz CT molecular complexity index is 520. The Morgan fingerprint density at radius 1 is 1.35 bits per heavy atom. The molecule has 1 heterocycles. The Morgan fingerprint density at radius 3 is 2.76 bits per heavy atom. The zero-order valence-corrected chi connectivity index (χ0v) is 11.7. The lowest BCUT2D eigenvalue weighted by Crippen LogP contribution is -2.01. The number of rotatable bonds is 3. The third-order valence-corrected chi connectivity index (χ3v) is 2.87. The molecular formula is C13H15BrN2O. The van der Waals surface area contributed by atoms with Crippen molar-refractivity contribution < 1.29 is 4.74 Å². The minimum absolute atomic E-state index is 0.332. The van der Waals surface area contributed by atoms with E-state index < -0.39 is 0 Å². The first-order valence-electron chi connectivity index (χ1n) is 5.55. The van der Waals surface area contributed by atoms with E-state index in [1.807, 2.05) is 42.0 Å². The van der Waals surface area contributed by atoms with Crippen molar-refractivity contribution in [1.82, 2.24) is 9.55 Å². The van der Waals surface area contributed by atoms with E-state index in [4.69, 9.17) is 4.74 Å². The van der Waals surface area contributed by atoms with Crippen LogP contribution in [0.15, 0.2) is 34.9 Å². The lowest BCUT2D eigenvalue weighted by atomic mass is 10.3. The first-order chi connectivity index (χ1) is 8.06. The van der Waals surface area contributed by atoms with E-state index in [9.17, 15) is 0 Å². The minimum atomic E-state index is 0.332. The first kappa shape index (κ1) is 12.2. The van der Waals surface area contributed by atoms with Crippen molar-refractivity contribution in [2.75, 3.05) is 0 Å². The molecule has 0 spiro atoms. The van der Waals surface area contributed by atoms with Crippen molar-refractivity contribution in [2.24, 2.45) is 0 Å². The summed E-state index contributed by atoms with van der Waals surface area (Å²) >= 11 is 3.42. The molecule has 0 bridgehead atoms. The Labute approximate surface area is 110 Å². The third-order valence-electron chi connectivity index (χ3n) is 2.38. The lowest BCUT2D eigenvalue weighted by Gasteiger charge is -2.11. The molecule has 0 unspecified atom stereocenters. The summed E-state index contributed by atoms with van der Waals surface area (Å²) in [4.78, 5) is 4.38. The van der Waals surface area contributed by atoms with Crippen molar-refractivity contribution >= 4 is 15.9 Å². The van der Waals surface area contributed by atoms with Gasteiger partial charge in [-0.05, 0) is 39.0 Å². The molecule has 2 rings (SSSR count). The second kappa shape index (κ2) is 4.92. The highest BCUT2D eigenvalue weighted by Crippen LogP contribution is 2.25. The molecule has 0 atom stereocenters. The van der Waals surface area contributed by atoms with Crippen LogP contribution in [0.3, 0.4) is 0 Å². The molecule has 0 amide bonds. The molecule has 0 saturated heterocycles. The Hall–Kier alpha value is -1.29. The van der Waals surface area contributed by atoms with Gasteiger partial charge in [0.05, 0.1) is 5.69 Å². The van der Waals surface area contributed by atoms with Gasteiger partial charge in [0.25, 0.3) is 0 Å². The molecule has 1 aromatic heterocycles. The van der Waals surface area contributed by atoms with Crippen molar-refractivity contribution in [2.45, 2.75) is 26.8 Å². The number of aryl methyl sites for hydroxylation is 1. The SMILES string of the molecule is Cc1cn(C(C)C)c(Oc2cccc(Br)c2)n1. The fourth-order valence-corrected chi connectivity index (χ4v) is 1.95. The quantitative estimate of drug-likeness (QED) is 0.842. The van der Waals surface area contributed by atoms with Gasteiger partial charge < -0.3 is 4.74 Å². The van der Waals surface area contributed by atoms with Crippen LogP contribution in [0.25, 0.3) is 0 Å². The van der Waals surface area contributed by atoms with Crippen LogP contribution in [0.1, 0.15) is 25.6 Å². The molecule has 17 heavy (non-hydrogen) atoms. The molecule has 2 aromatic rings. The number of hydrogen-bond donors (Lipinski definition) is 0. The standard InChI is InChI=1S/C13H15BrN2O/c1-9(2)16-8-10(3)15-13(16)17-12-6-4-5-11(14)7-12/h4-9H,1-3H3. The predicted octanol–water partition coefficient (Wildman–Crippen LogP) is 4.33. The normalized spacial score (nSPS) is 10.9. The Balaban J connectivity index is 2.29. The average Bonchev–Trinajstić information content (AvgIpc) is 2.59. The topological polar surface area (TPSA) is 27.1 Å². The van der Waals surface area contributed by atoms with Crippen molar-refractivity contribution in [3.8, 4) is 11.8 Å². The summed E-state index contributed by atoms with van der Waals surface area (Å²) in [6.07, 6.45) is 2.00. The summed E-state index contributed by atoms with van der Waals surface area (Å²) in [6, 6.07) is 8.71. The fourth-order valence-electron chi connectivity index (χ4n) is 1.58. The second-order valence-electron chi connectivity index (χ2n) is 4.23. The molecule has 0 N–H and O–H groups in total. The van der Waals surface area contributed by atoms with Crippen LogP contribution in [0.4, 0.5) is 0 Å². The Morgan fingerprint density at radius 2 is 2.12 bits per heavy atom. The molecule has 0 aliphatic carbocycles. The van der Waals surface area contributed by atoms with E-state index in [0.717, 1.165) is 15.9 Å². The number of aromatic nitrogens is 2. The monoisotopic (exact) mass is 294 g/mol. The van der Waals surface area contributed by atoms with Gasteiger partial charge in [-0.25, -0.2) is 4.98 Å². The van der Waals surface area contributed by atoms with Gasteiger partial charge in [-0.1, -0.05) is 22.0 Å². The van der Waals surface area contributed by atoms with Crippen LogP contribution >= 0.6 is 15.9 Å². The number of benzene rings is 1. The molecule has 90 valence electrons. The van der Waals surface area contributed by atoms with Crippen LogP contribution in [-0.4, -0.2) is 9.55 Å². The number of imidazole rings is 1. The smallest absolute Gasteiger partial charge is 0.302 e. The highest BCUT2D eigenvalue weighted by Gasteiger charge is 2.10. The fraction of sp³-hybridized carbons (Fsp3) is 0.308. The summed E-state index contributed by atoms with van der Waals surface area (Å²) in [6.45, 7) is 6.18. The summed E-state index contributed by atoms with van der Waals surface area (Å²) in [5.74, 6) is 0.784. The van der Waals surface area contributed by atoms with Gasteiger partial charge in [-0.3, -0.25) is 4.57 Å². The lowest BCUT2D eigenvalue weighted by molar-refractivity contribution is 0.395. The molecule has 4 heteroatoms. The van der Waals surface area contributed by atoms with Crippen LogP contribution in [0.5, 0.6) is 11.8 Å². The maximum atomic E-state index is 5.79. The number of hydrogen-bond acceptors (Lipinski definition) is 2. The highest BCUT2D eigenvalue weighted by atomic mass is 79.9. The first-order valence-corrected chi connectivity index (χ1v) is 6.34. The largest absolute Gasteiger partial charge is 0.425 e. The van der Waals surface area contributed by atoms with E-state index in [0.29, 0.717) is 12.1 Å². The van der Waals surface area contributed by atoms with Gasteiger partial charge in [-0.2, -0.15) is 0 Å². The minimum Gasteiger partial charge on any atom is -0.425 e. The van der Waals surface area contributed by atoms with Crippen LogP contribution in [0.2, 0.25) is 0 Å². The summed E-state index contributed by atoms with van der Waals surface area (Å²) in [5.41, 5.74) is 0.962. The van der Waals surface area contributed by atoms with Gasteiger partial charge in [-0.15, -0.1) is 0 Å². The third kappa shape index (κ3) is 2.88. The Kier molecular flexibility index (Phi) is 3.52. The highest BCUT2D eigenvalue weighted by molar-refractivity contribution is 9.10.